The lowest BCUT2D eigenvalue weighted by Gasteiger charge is -2.32. The molecule has 0 spiro atoms. The second-order valence-electron chi connectivity index (χ2n) is 8.28. The van der Waals surface area contributed by atoms with E-state index in [1.165, 1.54) is 30.1 Å². The van der Waals surface area contributed by atoms with Crippen molar-refractivity contribution < 1.29 is 22.8 Å². The molecular weight excluding hydrogens is 546 g/mol. The zero-order valence-electron chi connectivity index (χ0n) is 19.4. The summed E-state index contributed by atoms with van der Waals surface area (Å²) >= 11 is 3.38. The molecule has 0 saturated carbocycles. The molecule has 4 rings (SSSR count). The number of nitrogens with zero attached hydrogens (tertiary/aromatic N) is 2. The third kappa shape index (κ3) is 5.19. The molecule has 1 heterocycles. The number of hydrogen-bond acceptors (Lipinski definition) is 5. The van der Waals surface area contributed by atoms with E-state index in [2.05, 4.69) is 21.2 Å². The van der Waals surface area contributed by atoms with E-state index in [1.807, 2.05) is 42.5 Å². The molecule has 0 aliphatic carbocycles. The van der Waals surface area contributed by atoms with Crippen molar-refractivity contribution in [3.05, 3.63) is 100 Å². The van der Waals surface area contributed by atoms with Gasteiger partial charge < -0.3 is 10.2 Å². The van der Waals surface area contributed by atoms with Crippen LogP contribution >= 0.6 is 15.9 Å². The van der Waals surface area contributed by atoms with Crippen LogP contribution in [0.3, 0.4) is 0 Å². The summed E-state index contributed by atoms with van der Waals surface area (Å²) in [7, 11) is -2.70. The molecule has 8 nitrogen and oxygen atoms in total. The van der Waals surface area contributed by atoms with E-state index in [4.69, 9.17) is 0 Å². The van der Waals surface area contributed by atoms with E-state index in [0.717, 1.165) is 15.6 Å². The second-order valence-corrected chi connectivity index (χ2v) is 11.0. The lowest BCUT2D eigenvalue weighted by atomic mass is 10.0. The van der Waals surface area contributed by atoms with Gasteiger partial charge in [0.15, 0.2) is 0 Å². The molecular formula is C26H24BrN3O5S. The van der Waals surface area contributed by atoms with Crippen LogP contribution in [-0.2, 0) is 32.6 Å². The van der Waals surface area contributed by atoms with Gasteiger partial charge in [0.2, 0.25) is 11.8 Å². The Morgan fingerprint density at radius 1 is 0.944 bits per heavy atom. The normalized spacial score (nSPS) is 14.7. The fourth-order valence-electron chi connectivity index (χ4n) is 4.11. The summed E-state index contributed by atoms with van der Waals surface area (Å²) in [4.78, 5) is 40.8. The number of halogens is 1. The number of likely N-dealkylation sites (N-methyl/N-ethyl adjacent to an activating group) is 1. The van der Waals surface area contributed by atoms with E-state index in [9.17, 15) is 22.8 Å². The molecule has 0 saturated heterocycles. The summed E-state index contributed by atoms with van der Waals surface area (Å²) < 4.78 is 27.5. The number of sulfonamides is 1. The van der Waals surface area contributed by atoms with Gasteiger partial charge in [-0.25, -0.2) is 12.7 Å². The third-order valence-corrected chi connectivity index (χ3v) is 8.29. The lowest BCUT2D eigenvalue weighted by Crippen LogP contribution is -2.52. The smallest absolute Gasteiger partial charge is 0.269 e. The molecule has 0 aromatic heterocycles. The van der Waals surface area contributed by atoms with Crippen molar-refractivity contribution >= 4 is 43.7 Å². The second kappa shape index (κ2) is 10.6. The highest BCUT2D eigenvalue weighted by molar-refractivity contribution is 9.10. The van der Waals surface area contributed by atoms with Gasteiger partial charge in [-0.2, -0.15) is 0 Å². The quantitative estimate of drug-likeness (QED) is 0.449. The summed E-state index contributed by atoms with van der Waals surface area (Å²) in [6.45, 7) is -0.666. The molecule has 1 aliphatic rings. The van der Waals surface area contributed by atoms with Crippen molar-refractivity contribution in [1.82, 2.24) is 14.5 Å². The predicted octanol–water partition coefficient (Wildman–Crippen LogP) is 2.98. The Morgan fingerprint density at radius 3 is 2.22 bits per heavy atom. The molecule has 36 heavy (non-hydrogen) atoms. The minimum absolute atomic E-state index is 0.0249. The van der Waals surface area contributed by atoms with Crippen LogP contribution < -0.4 is 5.32 Å². The Balaban J connectivity index is 1.69. The van der Waals surface area contributed by atoms with Gasteiger partial charge in [0.25, 0.3) is 15.9 Å². The first-order valence-corrected chi connectivity index (χ1v) is 13.4. The monoisotopic (exact) mass is 569 g/mol. The fourth-order valence-corrected chi connectivity index (χ4v) is 5.89. The molecule has 10 heteroatoms. The number of fused-ring (bicyclic) bond motifs is 1. The first-order chi connectivity index (χ1) is 17.2. The fraction of sp³-hybridized carbons (Fsp3) is 0.192. The van der Waals surface area contributed by atoms with Crippen LogP contribution in [0.1, 0.15) is 21.5 Å². The summed E-state index contributed by atoms with van der Waals surface area (Å²) in [5, 5.41) is 2.61. The van der Waals surface area contributed by atoms with E-state index >= 15 is 0 Å². The van der Waals surface area contributed by atoms with Crippen LogP contribution in [0.4, 0.5) is 0 Å². The maximum absolute atomic E-state index is 13.7. The van der Waals surface area contributed by atoms with Gasteiger partial charge in [0.05, 0.1) is 5.56 Å². The zero-order valence-corrected chi connectivity index (χ0v) is 21.8. The van der Waals surface area contributed by atoms with E-state index in [-0.39, 0.29) is 23.4 Å². The Hall–Kier alpha value is -3.50. The molecule has 1 aliphatic heterocycles. The number of benzene rings is 3. The highest BCUT2D eigenvalue weighted by atomic mass is 79.9. The molecule has 186 valence electrons. The average Bonchev–Trinajstić information content (AvgIpc) is 3.08. The van der Waals surface area contributed by atoms with Gasteiger partial charge in [-0.1, -0.05) is 70.5 Å². The van der Waals surface area contributed by atoms with Gasteiger partial charge in [-0.15, -0.1) is 0 Å². The Kier molecular flexibility index (Phi) is 7.56. The average molecular weight is 570 g/mol. The maximum Gasteiger partial charge on any atom is 0.269 e. The van der Waals surface area contributed by atoms with Crippen molar-refractivity contribution in [3.63, 3.8) is 0 Å². The van der Waals surface area contributed by atoms with Gasteiger partial charge in [-0.05, 0) is 35.4 Å². The summed E-state index contributed by atoms with van der Waals surface area (Å²) in [5.41, 5.74) is 1.60. The Bertz CT molecular complexity index is 1390. The van der Waals surface area contributed by atoms with Crippen molar-refractivity contribution in [3.8, 4) is 0 Å². The van der Waals surface area contributed by atoms with Crippen LogP contribution in [0.2, 0.25) is 0 Å². The van der Waals surface area contributed by atoms with Crippen molar-refractivity contribution in [2.45, 2.75) is 23.9 Å². The van der Waals surface area contributed by atoms with Gasteiger partial charge >= 0.3 is 0 Å². The van der Waals surface area contributed by atoms with Crippen LogP contribution in [0.15, 0.2) is 88.2 Å². The van der Waals surface area contributed by atoms with Crippen molar-refractivity contribution in [2.24, 2.45) is 0 Å². The Labute approximate surface area is 218 Å². The zero-order chi connectivity index (χ0) is 25.9. The molecule has 0 radical (unpaired) electrons. The van der Waals surface area contributed by atoms with Crippen LogP contribution in [-0.4, -0.2) is 55.0 Å². The van der Waals surface area contributed by atoms with Crippen LogP contribution in [0.25, 0.3) is 0 Å². The SMILES string of the molecule is CNC(=O)C(Cc1ccccc1)N(Cc1ccc(Br)cc1)C(=O)CN1C(=O)c2ccccc2S1(=O)=O. The van der Waals surface area contributed by atoms with Crippen molar-refractivity contribution in [2.75, 3.05) is 13.6 Å². The molecule has 3 aromatic rings. The van der Waals surface area contributed by atoms with Crippen molar-refractivity contribution in [1.29, 1.82) is 0 Å². The molecule has 3 amide bonds. The Morgan fingerprint density at radius 2 is 1.58 bits per heavy atom. The highest BCUT2D eigenvalue weighted by Gasteiger charge is 2.43. The van der Waals surface area contributed by atoms with Gasteiger partial charge in [0.1, 0.15) is 17.5 Å². The lowest BCUT2D eigenvalue weighted by molar-refractivity contribution is -0.140. The van der Waals surface area contributed by atoms with E-state index in [1.54, 1.807) is 18.2 Å². The van der Waals surface area contributed by atoms with Crippen LogP contribution in [0.5, 0.6) is 0 Å². The van der Waals surface area contributed by atoms with Gasteiger partial charge in [0, 0.05) is 24.5 Å². The molecule has 0 fully saturated rings. The summed E-state index contributed by atoms with van der Waals surface area (Å²) in [6.07, 6.45) is 0.212. The molecule has 0 bridgehead atoms. The van der Waals surface area contributed by atoms with Crippen LogP contribution in [0, 0.1) is 0 Å². The first-order valence-electron chi connectivity index (χ1n) is 11.2. The number of carbonyl (C=O) groups is 3. The molecule has 1 N–H and O–H groups in total. The van der Waals surface area contributed by atoms with E-state index < -0.39 is 40.3 Å². The predicted molar refractivity (Wildman–Crippen MR) is 137 cm³/mol. The summed E-state index contributed by atoms with van der Waals surface area (Å²) in [5.74, 6) is -1.82. The minimum Gasteiger partial charge on any atom is -0.357 e. The number of rotatable bonds is 8. The topological polar surface area (TPSA) is 104 Å². The number of hydrogen-bond donors (Lipinski definition) is 1. The standard InChI is InChI=1S/C26H24BrN3O5S/c1-28-25(32)22(15-18-7-3-2-4-8-18)29(16-19-11-13-20(27)14-12-19)24(31)17-30-26(33)21-9-5-6-10-23(21)36(30,34)35/h2-14,22H,15-17H2,1H3,(H,28,32). The third-order valence-electron chi connectivity index (χ3n) is 5.97. The number of nitrogens with one attached hydrogen (secondary N) is 1. The number of carbonyl (C=O) groups excluding carboxylic acids is 3. The summed E-state index contributed by atoms with van der Waals surface area (Å²) in [6, 6.07) is 21.4. The molecule has 1 atom stereocenters. The van der Waals surface area contributed by atoms with E-state index in [0.29, 0.717) is 4.31 Å². The first kappa shape index (κ1) is 25.6. The molecule has 1 unspecified atom stereocenters. The largest absolute Gasteiger partial charge is 0.357 e. The minimum atomic E-state index is -4.18. The number of amides is 3. The molecule has 3 aromatic carbocycles. The van der Waals surface area contributed by atoms with Gasteiger partial charge in [-0.3, -0.25) is 14.4 Å². The highest BCUT2D eigenvalue weighted by Crippen LogP contribution is 2.30. The maximum atomic E-state index is 13.7.